The van der Waals surface area contributed by atoms with Crippen LogP contribution in [0.5, 0.6) is 0 Å². The van der Waals surface area contributed by atoms with Gasteiger partial charge in [-0.2, -0.15) is 0 Å². The van der Waals surface area contributed by atoms with Crippen LogP contribution in [0.3, 0.4) is 0 Å². The molecule has 1 aliphatic rings. The van der Waals surface area contributed by atoms with Gasteiger partial charge in [0, 0.05) is 34.8 Å². The minimum atomic E-state index is 1.17. The molecule has 0 atom stereocenters. The molecule has 0 unspecified atom stereocenters. The highest BCUT2D eigenvalue weighted by Gasteiger charge is 2.24. The predicted octanol–water partition coefficient (Wildman–Crippen LogP) is 7.19. The Kier molecular flexibility index (Phi) is 4.67. The Morgan fingerprint density at radius 3 is 1.97 bits per heavy atom. The highest BCUT2D eigenvalue weighted by molar-refractivity contribution is 7.19. The van der Waals surface area contributed by atoms with Gasteiger partial charge in [-0.15, -0.1) is 11.3 Å². The first-order valence-electron chi connectivity index (χ1n) is 11.3. The summed E-state index contributed by atoms with van der Waals surface area (Å²) in [5, 5.41) is 3.85. The van der Waals surface area contributed by atoms with E-state index in [4.69, 9.17) is 0 Å². The average molecular weight is 446 g/mol. The maximum absolute atomic E-state index is 3.54. The topological polar surface area (TPSA) is 17.2 Å². The Balaban J connectivity index is 1.48. The van der Waals surface area contributed by atoms with Crippen LogP contribution in [0.25, 0.3) is 21.2 Å². The minimum Gasteiger partial charge on any atom is -0.302 e. The lowest BCUT2D eigenvalue weighted by Gasteiger charge is -2.24. The van der Waals surface area contributed by atoms with Crippen LogP contribution >= 0.6 is 11.3 Å². The van der Waals surface area contributed by atoms with E-state index in [-0.39, 0.29) is 0 Å². The fraction of sp³-hybridized carbons (Fsp3) is 0.100. The first-order valence-corrected chi connectivity index (χ1v) is 12.1. The first-order chi connectivity index (χ1) is 16.1. The van der Waals surface area contributed by atoms with E-state index in [1.807, 2.05) is 11.3 Å². The van der Waals surface area contributed by atoms with Crippen LogP contribution in [-0.2, 0) is 0 Å². The molecule has 0 saturated carbocycles. The summed E-state index contributed by atoms with van der Waals surface area (Å²) in [7, 11) is 0. The van der Waals surface area contributed by atoms with Gasteiger partial charge in [-0.3, -0.25) is 0 Å². The standard InChI is InChI=1S/C30H24N2S/c1-19-7-11-22(12-8-19)32(23-13-9-20(2)10-14-23)29-18-17-28(33-29)25-15-16-27-30-24(21(3)31-27)5-4-6-26(25)30/h4-18H,1-3H3/p+1. The number of aryl methyl sites for hydroxylation is 2. The van der Waals surface area contributed by atoms with Crippen molar-refractivity contribution in [2.75, 3.05) is 4.90 Å². The quantitative estimate of drug-likeness (QED) is 0.310. The molecule has 1 aliphatic heterocycles. The van der Waals surface area contributed by atoms with Crippen molar-refractivity contribution in [3.8, 4) is 10.4 Å². The lowest BCUT2D eigenvalue weighted by Crippen LogP contribution is -2.63. The summed E-state index contributed by atoms with van der Waals surface area (Å²) < 4.78 is 0. The van der Waals surface area contributed by atoms with Gasteiger partial charge in [-0.25, -0.2) is 4.99 Å². The summed E-state index contributed by atoms with van der Waals surface area (Å²) >= 11 is 1.84. The molecule has 1 aromatic heterocycles. The number of hydrogen-bond acceptors (Lipinski definition) is 2. The summed E-state index contributed by atoms with van der Waals surface area (Å²) in [6.45, 7) is 6.42. The zero-order chi connectivity index (χ0) is 22.5. The van der Waals surface area contributed by atoms with Gasteiger partial charge in [-0.05, 0) is 67.8 Å². The van der Waals surface area contributed by atoms with Crippen LogP contribution in [0, 0.1) is 13.8 Å². The molecule has 0 bridgehead atoms. The molecule has 6 rings (SSSR count). The Labute approximate surface area is 198 Å². The van der Waals surface area contributed by atoms with Gasteiger partial charge < -0.3 is 4.90 Å². The predicted molar refractivity (Wildman–Crippen MR) is 142 cm³/mol. The van der Waals surface area contributed by atoms with Gasteiger partial charge in [0.2, 0.25) is 5.69 Å². The second-order valence-electron chi connectivity index (χ2n) is 8.78. The highest BCUT2D eigenvalue weighted by atomic mass is 32.1. The third-order valence-electron chi connectivity index (χ3n) is 6.43. The van der Waals surface area contributed by atoms with Crippen LogP contribution < -0.4 is 9.89 Å². The molecule has 0 fully saturated rings. The third kappa shape index (κ3) is 3.37. The van der Waals surface area contributed by atoms with Crippen LogP contribution in [0.15, 0.2) is 91.0 Å². The second-order valence-corrected chi connectivity index (χ2v) is 9.85. The zero-order valence-corrected chi connectivity index (χ0v) is 19.8. The maximum atomic E-state index is 3.54. The molecule has 1 N–H and O–H groups in total. The average Bonchev–Trinajstić information content (AvgIpc) is 3.43. The molecule has 0 spiro atoms. The van der Waals surface area contributed by atoms with E-state index < -0.39 is 0 Å². The van der Waals surface area contributed by atoms with E-state index in [1.165, 1.54) is 65.7 Å². The lowest BCUT2D eigenvalue weighted by atomic mass is 9.98. The van der Waals surface area contributed by atoms with Crippen molar-refractivity contribution in [2.45, 2.75) is 20.8 Å². The zero-order valence-electron chi connectivity index (χ0n) is 19.0. The molecular weight excluding hydrogens is 420 g/mol. The number of anilines is 3. The van der Waals surface area contributed by atoms with Crippen LogP contribution in [0.1, 0.15) is 23.6 Å². The number of hydrogen-bond donors (Lipinski definition) is 1. The summed E-state index contributed by atoms with van der Waals surface area (Å²) in [6.07, 6.45) is 0. The monoisotopic (exact) mass is 445 g/mol. The normalized spacial score (nSPS) is 12.3. The third-order valence-corrected chi connectivity index (χ3v) is 7.53. The van der Waals surface area contributed by atoms with Crippen LogP contribution in [0.2, 0.25) is 0 Å². The molecular formula is C30H25N2S+. The highest BCUT2D eigenvalue weighted by Crippen LogP contribution is 2.44. The fourth-order valence-electron chi connectivity index (χ4n) is 4.69. The molecule has 0 radical (unpaired) electrons. The van der Waals surface area contributed by atoms with E-state index in [0.717, 1.165) is 0 Å². The van der Waals surface area contributed by atoms with Crippen molar-refractivity contribution in [3.05, 3.63) is 108 Å². The van der Waals surface area contributed by atoms with Gasteiger partial charge in [-0.1, -0.05) is 47.5 Å². The van der Waals surface area contributed by atoms with Crippen molar-refractivity contribution in [3.63, 3.8) is 0 Å². The van der Waals surface area contributed by atoms with Crippen molar-refractivity contribution >= 4 is 49.9 Å². The lowest BCUT2D eigenvalue weighted by molar-refractivity contribution is -0.348. The molecule has 0 amide bonds. The molecule has 0 aliphatic carbocycles. The molecule has 4 aromatic carbocycles. The molecule has 3 heteroatoms. The number of nitrogens with one attached hydrogen (secondary N) is 1. The van der Waals surface area contributed by atoms with Gasteiger partial charge in [0.1, 0.15) is 5.00 Å². The van der Waals surface area contributed by atoms with E-state index in [2.05, 4.69) is 122 Å². The van der Waals surface area contributed by atoms with E-state index in [9.17, 15) is 0 Å². The van der Waals surface area contributed by atoms with Crippen LogP contribution in [-0.4, -0.2) is 5.71 Å². The second kappa shape index (κ2) is 7.72. The summed E-state index contributed by atoms with van der Waals surface area (Å²) in [4.78, 5) is 7.17. The van der Waals surface area contributed by atoms with Gasteiger partial charge in [0.15, 0.2) is 5.71 Å². The molecule has 5 aromatic rings. The smallest absolute Gasteiger partial charge is 0.212 e. The molecule has 160 valence electrons. The summed E-state index contributed by atoms with van der Waals surface area (Å²) in [5.74, 6) is 0. The Morgan fingerprint density at radius 1 is 0.636 bits per heavy atom. The minimum absolute atomic E-state index is 1.17. The molecule has 0 saturated heterocycles. The summed E-state index contributed by atoms with van der Waals surface area (Å²) in [5.41, 5.74) is 9.91. The Bertz CT molecular complexity index is 1480. The fourth-order valence-corrected chi connectivity index (χ4v) is 5.78. The van der Waals surface area contributed by atoms with Crippen molar-refractivity contribution in [1.29, 1.82) is 0 Å². The largest absolute Gasteiger partial charge is 0.302 e. The molecule has 2 nitrogen and oxygen atoms in total. The Morgan fingerprint density at radius 2 is 1.30 bits per heavy atom. The molecule has 33 heavy (non-hydrogen) atoms. The van der Waals surface area contributed by atoms with Crippen molar-refractivity contribution < 1.29 is 4.99 Å². The van der Waals surface area contributed by atoms with E-state index in [1.54, 1.807) is 0 Å². The summed E-state index contributed by atoms with van der Waals surface area (Å²) in [6, 6.07) is 33.2. The SMILES string of the molecule is CC1=[NH+]c2ccc(-c3ccc(N(c4ccc(C)cc4)c4ccc(C)cc4)s3)c3cccc1c23. The van der Waals surface area contributed by atoms with Crippen molar-refractivity contribution in [2.24, 2.45) is 0 Å². The number of benzene rings is 4. The number of thiophene rings is 1. The van der Waals surface area contributed by atoms with E-state index >= 15 is 0 Å². The van der Waals surface area contributed by atoms with Gasteiger partial charge in [0.05, 0.1) is 10.9 Å². The van der Waals surface area contributed by atoms with Gasteiger partial charge >= 0.3 is 0 Å². The Hall–Kier alpha value is -3.69. The van der Waals surface area contributed by atoms with Crippen molar-refractivity contribution in [1.82, 2.24) is 0 Å². The van der Waals surface area contributed by atoms with Gasteiger partial charge in [0.25, 0.3) is 0 Å². The van der Waals surface area contributed by atoms with Crippen LogP contribution in [0.4, 0.5) is 22.1 Å². The molecule has 2 heterocycles. The maximum Gasteiger partial charge on any atom is 0.212 e. The first kappa shape index (κ1) is 20.0. The van der Waals surface area contributed by atoms with E-state index in [0.29, 0.717) is 0 Å². The number of nitrogens with zero attached hydrogens (tertiary/aromatic N) is 1. The number of rotatable bonds is 4.